The lowest BCUT2D eigenvalue weighted by Crippen LogP contribution is -2.58. The monoisotopic (exact) mass is 595 g/mol. The van der Waals surface area contributed by atoms with Crippen molar-refractivity contribution in [3.8, 4) is 0 Å². The van der Waals surface area contributed by atoms with E-state index >= 15 is 0 Å². The third-order valence-electron chi connectivity index (χ3n) is 6.93. The van der Waals surface area contributed by atoms with Crippen LogP contribution in [0.2, 0.25) is 0 Å². The predicted octanol–water partition coefficient (Wildman–Crippen LogP) is 2.62. The first-order valence-corrected chi connectivity index (χ1v) is 15.5. The number of H-pyrrole nitrogens is 1. The van der Waals surface area contributed by atoms with Gasteiger partial charge in [-0.15, -0.1) is 0 Å². The third-order valence-corrected chi connectivity index (χ3v) is 7.58. The van der Waals surface area contributed by atoms with Crippen molar-refractivity contribution < 1.29 is 24.3 Å². The number of thioether (sulfide) groups is 1. The van der Waals surface area contributed by atoms with Gasteiger partial charge in [0.1, 0.15) is 18.1 Å². The molecule has 3 amide bonds. The Bertz CT molecular complexity index is 1350. The smallest absolute Gasteiger partial charge is 0.326 e. The fraction of sp³-hybridized carbons (Fsp3) is 0.419. The fourth-order valence-corrected chi connectivity index (χ4v) is 5.19. The first kappa shape index (κ1) is 32.7. The summed E-state index contributed by atoms with van der Waals surface area (Å²) in [5.41, 5.74) is 8.53. The molecule has 0 aliphatic carbocycles. The van der Waals surface area contributed by atoms with Gasteiger partial charge >= 0.3 is 5.97 Å². The molecule has 4 atom stereocenters. The number of para-hydroxylation sites is 1. The van der Waals surface area contributed by atoms with E-state index in [-0.39, 0.29) is 25.2 Å². The molecule has 0 radical (unpaired) electrons. The van der Waals surface area contributed by atoms with Gasteiger partial charge in [-0.25, -0.2) is 4.79 Å². The second kappa shape index (κ2) is 16.0. The number of carboxylic acids is 1. The number of carboxylic acid groups (broad SMARTS) is 1. The van der Waals surface area contributed by atoms with Gasteiger partial charge in [0.2, 0.25) is 17.7 Å². The molecule has 0 aliphatic heterocycles. The van der Waals surface area contributed by atoms with Crippen LogP contribution in [-0.4, -0.2) is 70.0 Å². The van der Waals surface area contributed by atoms with E-state index in [1.54, 1.807) is 6.20 Å². The highest BCUT2D eigenvalue weighted by molar-refractivity contribution is 7.98. The van der Waals surface area contributed by atoms with Crippen LogP contribution in [0.3, 0.4) is 0 Å². The number of nitrogens with one attached hydrogen (secondary N) is 4. The molecule has 0 bridgehead atoms. The molecule has 0 aliphatic rings. The van der Waals surface area contributed by atoms with Gasteiger partial charge in [-0.1, -0.05) is 62.4 Å². The molecular formula is C31H41N5O5S. The number of nitrogens with two attached hydrogens (primary N) is 1. The molecular weight excluding hydrogens is 554 g/mol. The molecule has 1 aromatic heterocycles. The molecule has 0 saturated heterocycles. The van der Waals surface area contributed by atoms with E-state index in [2.05, 4.69) is 20.9 Å². The van der Waals surface area contributed by atoms with E-state index in [0.717, 1.165) is 22.0 Å². The van der Waals surface area contributed by atoms with Crippen molar-refractivity contribution in [1.29, 1.82) is 0 Å². The molecule has 2 aromatic carbocycles. The molecule has 3 aromatic rings. The summed E-state index contributed by atoms with van der Waals surface area (Å²) in [5.74, 6) is -2.04. The average Bonchev–Trinajstić information content (AvgIpc) is 3.37. The highest BCUT2D eigenvalue weighted by atomic mass is 32.2. The maximum atomic E-state index is 13.6. The van der Waals surface area contributed by atoms with Crippen LogP contribution in [0.1, 0.15) is 37.8 Å². The summed E-state index contributed by atoms with van der Waals surface area (Å²) in [7, 11) is 0. The number of aromatic nitrogens is 1. The minimum absolute atomic E-state index is 0.0642. The number of hydrogen-bond acceptors (Lipinski definition) is 6. The van der Waals surface area contributed by atoms with Gasteiger partial charge in [-0.05, 0) is 48.0 Å². The number of hydrogen-bond donors (Lipinski definition) is 6. The van der Waals surface area contributed by atoms with Crippen molar-refractivity contribution in [1.82, 2.24) is 20.9 Å². The zero-order valence-electron chi connectivity index (χ0n) is 24.3. The zero-order chi connectivity index (χ0) is 30.6. The Morgan fingerprint density at radius 1 is 0.857 bits per heavy atom. The lowest BCUT2D eigenvalue weighted by molar-refractivity contribution is -0.142. The Kier molecular flexibility index (Phi) is 12.4. The highest BCUT2D eigenvalue weighted by Crippen LogP contribution is 2.19. The molecule has 10 nitrogen and oxygen atoms in total. The number of fused-ring (bicyclic) bond motifs is 1. The minimum atomic E-state index is -1.21. The number of carbonyl (C=O) groups excluding carboxylic acids is 3. The number of benzene rings is 2. The van der Waals surface area contributed by atoms with Crippen LogP contribution < -0.4 is 21.7 Å². The van der Waals surface area contributed by atoms with Gasteiger partial charge < -0.3 is 31.8 Å². The topological polar surface area (TPSA) is 166 Å². The van der Waals surface area contributed by atoms with Gasteiger partial charge in [0.05, 0.1) is 6.04 Å². The molecule has 226 valence electrons. The molecule has 11 heteroatoms. The maximum Gasteiger partial charge on any atom is 0.326 e. The molecule has 0 spiro atoms. The summed E-state index contributed by atoms with van der Waals surface area (Å²) in [6.45, 7) is 3.92. The number of aliphatic carboxylic acids is 1. The van der Waals surface area contributed by atoms with Gasteiger partial charge in [0.25, 0.3) is 0 Å². The van der Waals surface area contributed by atoms with Crippen molar-refractivity contribution in [2.24, 2.45) is 11.7 Å². The van der Waals surface area contributed by atoms with Crippen molar-refractivity contribution in [2.75, 3.05) is 12.0 Å². The summed E-state index contributed by atoms with van der Waals surface area (Å²) in [6, 6.07) is 12.8. The van der Waals surface area contributed by atoms with E-state index in [1.165, 1.54) is 11.8 Å². The fourth-order valence-electron chi connectivity index (χ4n) is 4.72. The third kappa shape index (κ3) is 9.63. The SMILES string of the molecule is CSCCC(NC(=O)C(Cc1ccccc1)NC(=O)C(N)CC(C)C)C(=O)NC(Cc1c[nH]c2ccccc12)C(=O)O. The van der Waals surface area contributed by atoms with E-state index in [1.807, 2.05) is 74.7 Å². The Morgan fingerprint density at radius 3 is 2.14 bits per heavy atom. The molecule has 4 unspecified atom stereocenters. The van der Waals surface area contributed by atoms with Crippen LogP contribution in [0.25, 0.3) is 10.9 Å². The normalized spacial score (nSPS) is 14.1. The standard InChI is InChI=1S/C31H41N5O5S/c1-19(2)15-23(32)28(37)35-26(16-20-9-5-4-6-10-20)30(39)34-25(13-14-42-3)29(38)36-27(31(40)41)17-21-18-33-24-12-8-7-11-22(21)24/h4-12,18-19,23,25-27,33H,13-17,32H2,1-3H3,(H,34,39)(H,35,37)(H,36,38)(H,40,41). The molecule has 7 N–H and O–H groups in total. The summed E-state index contributed by atoms with van der Waals surface area (Å²) in [4.78, 5) is 55.1. The van der Waals surface area contributed by atoms with Crippen molar-refractivity contribution in [2.45, 2.75) is 63.7 Å². The van der Waals surface area contributed by atoms with Gasteiger partial charge in [-0.2, -0.15) is 11.8 Å². The second-order valence-corrected chi connectivity index (χ2v) is 11.8. The van der Waals surface area contributed by atoms with Gasteiger partial charge in [-0.3, -0.25) is 14.4 Å². The molecule has 1 heterocycles. The zero-order valence-corrected chi connectivity index (χ0v) is 25.1. The van der Waals surface area contributed by atoms with Gasteiger partial charge in [0, 0.05) is 29.9 Å². The molecule has 3 rings (SSSR count). The Morgan fingerprint density at radius 2 is 1.48 bits per heavy atom. The number of aromatic amines is 1. The molecule has 0 saturated carbocycles. The maximum absolute atomic E-state index is 13.6. The molecule has 42 heavy (non-hydrogen) atoms. The van der Waals surface area contributed by atoms with Crippen molar-refractivity contribution in [3.63, 3.8) is 0 Å². The van der Waals surface area contributed by atoms with E-state index in [9.17, 15) is 24.3 Å². The van der Waals surface area contributed by atoms with Crippen LogP contribution >= 0.6 is 11.8 Å². The summed E-state index contributed by atoms with van der Waals surface area (Å²) in [6.07, 6.45) is 4.61. The minimum Gasteiger partial charge on any atom is -0.480 e. The van der Waals surface area contributed by atoms with Crippen LogP contribution in [-0.2, 0) is 32.0 Å². The van der Waals surface area contributed by atoms with Crippen LogP contribution in [0, 0.1) is 5.92 Å². The van der Waals surface area contributed by atoms with E-state index in [4.69, 9.17) is 5.73 Å². The first-order valence-electron chi connectivity index (χ1n) is 14.1. The first-order chi connectivity index (χ1) is 20.1. The molecule has 0 fully saturated rings. The largest absolute Gasteiger partial charge is 0.480 e. The van der Waals surface area contributed by atoms with Crippen LogP contribution in [0.4, 0.5) is 0 Å². The van der Waals surface area contributed by atoms with Crippen molar-refractivity contribution in [3.05, 3.63) is 71.9 Å². The van der Waals surface area contributed by atoms with E-state index in [0.29, 0.717) is 12.2 Å². The Hall–Kier alpha value is -3.83. The second-order valence-electron chi connectivity index (χ2n) is 10.8. The van der Waals surface area contributed by atoms with Gasteiger partial charge in [0.15, 0.2) is 0 Å². The number of carbonyl (C=O) groups is 4. The average molecular weight is 596 g/mol. The Balaban J connectivity index is 1.76. The van der Waals surface area contributed by atoms with Crippen LogP contribution in [0.5, 0.6) is 0 Å². The quantitative estimate of drug-likeness (QED) is 0.148. The van der Waals surface area contributed by atoms with E-state index < -0.39 is 47.9 Å². The van der Waals surface area contributed by atoms with Crippen LogP contribution in [0.15, 0.2) is 60.8 Å². The summed E-state index contributed by atoms with van der Waals surface area (Å²) in [5, 5.41) is 19.0. The van der Waals surface area contributed by atoms with Crippen molar-refractivity contribution >= 4 is 46.4 Å². The number of amides is 3. The summed E-state index contributed by atoms with van der Waals surface area (Å²) >= 11 is 1.50. The lowest BCUT2D eigenvalue weighted by atomic mass is 10.0. The lowest BCUT2D eigenvalue weighted by Gasteiger charge is -2.25. The Labute approximate surface area is 250 Å². The predicted molar refractivity (Wildman–Crippen MR) is 166 cm³/mol. The number of rotatable bonds is 16. The summed E-state index contributed by atoms with van der Waals surface area (Å²) < 4.78 is 0. The highest BCUT2D eigenvalue weighted by Gasteiger charge is 2.31.